The minimum absolute atomic E-state index is 0.110. The predicted octanol–water partition coefficient (Wildman–Crippen LogP) is 3.82. The minimum Gasteiger partial charge on any atom is -0.472 e. The van der Waals surface area contributed by atoms with Crippen LogP contribution in [0.2, 0.25) is 0 Å². The number of nitrogens with zero attached hydrogens (tertiary/aromatic N) is 2. The van der Waals surface area contributed by atoms with E-state index < -0.39 is 5.82 Å². The van der Waals surface area contributed by atoms with Gasteiger partial charge in [-0.3, -0.25) is 0 Å². The molecule has 0 amide bonds. The predicted molar refractivity (Wildman–Crippen MR) is 86.1 cm³/mol. The summed E-state index contributed by atoms with van der Waals surface area (Å²) < 4.78 is 19.7. The van der Waals surface area contributed by atoms with Crippen LogP contribution in [-0.4, -0.2) is 18.1 Å². The summed E-state index contributed by atoms with van der Waals surface area (Å²) in [5, 5.41) is 3.35. The molecule has 118 valence electrons. The van der Waals surface area contributed by atoms with E-state index in [1.165, 1.54) is 6.07 Å². The lowest BCUT2D eigenvalue weighted by atomic mass is 9.91. The Kier molecular flexibility index (Phi) is 4.84. The van der Waals surface area contributed by atoms with Crippen LogP contribution in [0.1, 0.15) is 29.9 Å². The summed E-state index contributed by atoms with van der Waals surface area (Å²) in [4.78, 5) is 7.54. The highest BCUT2D eigenvalue weighted by Crippen LogP contribution is 2.31. The Morgan fingerprint density at radius 3 is 2.87 bits per heavy atom. The summed E-state index contributed by atoms with van der Waals surface area (Å²) in [5.41, 5.74) is 1.81. The van der Waals surface area contributed by atoms with E-state index in [-0.39, 0.29) is 6.61 Å². The van der Waals surface area contributed by atoms with E-state index in [0.717, 1.165) is 31.5 Å². The van der Waals surface area contributed by atoms with Crippen LogP contribution >= 0.6 is 0 Å². The zero-order chi connectivity index (χ0) is 16.1. The van der Waals surface area contributed by atoms with Gasteiger partial charge in [0.15, 0.2) is 5.69 Å². The number of pyridine rings is 1. The van der Waals surface area contributed by atoms with Gasteiger partial charge in [0.25, 0.3) is 0 Å². The molecule has 0 spiro atoms. The molecule has 1 N–H and O–H groups in total. The third-order valence-electron chi connectivity index (χ3n) is 4.11. The van der Waals surface area contributed by atoms with Crippen LogP contribution in [0.4, 0.5) is 10.1 Å². The SMILES string of the molecule is [C-]#[N+]c1ccc(COc2ncccc2C2CCNCC2)c(F)c1. The van der Waals surface area contributed by atoms with Gasteiger partial charge in [0, 0.05) is 17.3 Å². The minimum atomic E-state index is -0.419. The van der Waals surface area contributed by atoms with Crippen molar-refractivity contribution in [2.75, 3.05) is 13.1 Å². The van der Waals surface area contributed by atoms with E-state index in [4.69, 9.17) is 11.3 Å². The monoisotopic (exact) mass is 311 g/mol. The van der Waals surface area contributed by atoms with Crippen LogP contribution in [0.25, 0.3) is 4.85 Å². The molecule has 1 aliphatic heterocycles. The van der Waals surface area contributed by atoms with E-state index in [1.807, 2.05) is 12.1 Å². The maximum Gasteiger partial charge on any atom is 0.217 e. The summed E-state index contributed by atoms with van der Waals surface area (Å²) in [7, 11) is 0. The van der Waals surface area contributed by atoms with Crippen LogP contribution in [0.15, 0.2) is 36.5 Å². The number of nitrogens with one attached hydrogen (secondary N) is 1. The number of halogens is 1. The van der Waals surface area contributed by atoms with Crippen molar-refractivity contribution in [1.29, 1.82) is 0 Å². The summed E-state index contributed by atoms with van der Waals surface area (Å²) in [6, 6.07) is 8.38. The molecule has 23 heavy (non-hydrogen) atoms. The summed E-state index contributed by atoms with van der Waals surface area (Å²) >= 11 is 0. The molecule has 1 saturated heterocycles. The molecule has 3 rings (SSSR count). The van der Waals surface area contributed by atoms with E-state index >= 15 is 0 Å². The molecule has 2 heterocycles. The van der Waals surface area contributed by atoms with Crippen LogP contribution in [0.5, 0.6) is 5.88 Å². The van der Waals surface area contributed by atoms with Crippen molar-refractivity contribution in [2.45, 2.75) is 25.4 Å². The molecule has 1 fully saturated rings. The maximum atomic E-state index is 13.9. The van der Waals surface area contributed by atoms with Crippen LogP contribution in [0, 0.1) is 12.4 Å². The first kappa shape index (κ1) is 15.4. The van der Waals surface area contributed by atoms with Gasteiger partial charge >= 0.3 is 0 Å². The first-order valence-electron chi connectivity index (χ1n) is 7.72. The van der Waals surface area contributed by atoms with Crippen molar-refractivity contribution in [3.63, 3.8) is 0 Å². The summed E-state index contributed by atoms with van der Waals surface area (Å²) in [6.45, 7) is 8.99. The second kappa shape index (κ2) is 7.21. The van der Waals surface area contributed by atoms with Gasteiger partial charge in [-0.25, -0.2) is 14.2 Å². The Labute approximate surface area is 135 Å². The maximum absolute atomic E-state index is 13.9. The quantitative estimate of drug-likeness (QED) is 0.873. The van der Waals surface area contributed by atoms with E-state index in [2.05, 4.69) is 15.1 Å². The zero-order valence-electron chi connectivity index (χ0n) is 12.8. The molecular weight excluding hydrogens is 293 g/mol. The average molecular weight is 311 g/mol. The van der Waals surface area contributed by atoms with E-state index in [1.54, 1.807) is 18.3 Å². The number of rotatable bonds is 4. The molecule has 2 aromatic rings. The number of ether oxygens (including phenoxy) is 1. The van der Waals surface area contributed by atoms with Crippen LogP contribution in [-0.2, 0) is 6.61 Å². The molecular formula is C18H18FN3O. The van der Waals surface area contributed by atoms with Gasteiger partial charge in [-0.15, -0.1) is 0 Å². The first-order chi connectivity index (χ1) is 11.3. The molecule has 0 saturated carbocycles. The zero-order valence-corrected chi connectivity index (χ0v) is 12.8. The molecule has 1 aromatic carbocycles. The van der Waals surface area contributed by atoms with Crippen LogP contribution < -0.4 is 10.1 Å². The van der Waals surface area contributed by atoms with Gasteiger partial charge in [0.1, 0.15) is 12.4 Å². The number of hydrogen-bond acceptors (Lipinski definition) is 3. The van der Waals surface area contributed by atoms with Crippen molar-refractivity contribution in [3.05, 3.63) is 64.9 Å². The standard InChI is InChI=1S/C18H18FN3O/c1-20-15-5-4-14(17(19)11-15)12-23-18-16(3-2-8-22-18)13-6-9-21-10-7-13/h2-5,8,11,13,21H,6-7,9-10,12H2. The lowest BCUT2D eigenvalue weighted by Gasteiger charge is -2.24. The molecule has 0 radical (unpaired) electrons. The average Bonchev–Trinajstić information content (AvgIpc) is 2.61. The molecule has 5 heteroatoms. The van der Waals surface area contributed by atoms with Crippen molar-refractivity contribution >= 4 is 5.69 Å². The fourth-order valence-corrected chi connectivity index (χ4v) is 2.84. The summed E-state index contributed by atoms with van der Waals surface area (Å²) in [6.07, 6.45) is 3.80. The molecule has 4 nitrogen and oxygen atoms in total. The van der Waals surface area contributed by atoms with Crippen molar-refractivity contribution in [1.82, 2.24) is 10.3 Å². The number of hydrogen-bond donors (Lipinski definition) is 1. The fraction of sp³-hybridized carbons (Fsp3) is 0.333. The molecule has 0 aliphatic carbocycles. The van der Waals surface area contributed by atoms with Gasteiger partial charge in [0.2, 0.25) is 5.88 Å². The van der Waals surface area contributed by atoms with Crippen molar-refractivity contribution < 1.29 is 9.13 Å². The number of benzene rings is 1. The smallest absolute Gasteiger partial charge is 0.217 e. The largest absolute Gasteiger partial charge is 0.472 e. The first-order valence-corrected chi connectivity index (χ1v) is 7.72. The molecule has 0 unspecified atom stereocenters. The molecule has 0 bridgehead atoms. The lowest BCUT2D eigenvalue weighted by Crippen LogP contribution is -2.27. The highest BCUT2D eigenvalue weighted by molar-refractivity contribution is 5.46. The Morgan fingerprint density at radius 1 is 1.30 bits per heavy atom. The van der Waals surface area contributed by atoms with Gasteiger partial charge in [0.05, 0.1) is 6.57 Å². The Morgan fingerprint density at radius 2 is 2.13 bits per heavy atom. The van der Waals surface area contributed by atoms with Crippen LogP contribution in [0.3, 0.4) is 0 Å². The van der Waals surface area contributed by atoms with Crippen molar-refractivity contribution in [2.24, 2.45) is 0 Å². The van der Waals surface area contributed by atoms with Gasteiger partial charge in [-0.1, -0.05) is 18.2 Å². The third kappa shape index (κ3) is 3.66. The highest BCUT2D eigenvalue weighted by Gasteiger charge is 2.19. The van der Waals surface area contributed by atoms with Gasteiger partial charge in [-0.2, -0.15) is 0 Å². The van der Waals surface area contributed by atoms with E-state index in [9.17, 15) is 4.39 Å². The lowest BCUT2D eigenvalue weighted by molar-refractivity contribution is 0.280. The number of piperidine rings is 1. The molecule has 1 aliphatic rings. The second-order valence-corrected chi connectivity index (χ2v) is 5.60. The number of aromatic nitrogens is 1. The van der Waals surface area contributed by atoms with Gasteiger partial charge < -0.3 is 10.1 Å². The third-order valence-corrected chi connectivity index (χ3v) is 4.11. The summed E-state index contributed by atoms with van der Waals surface area (Å²) in [5.74, 6) is 0.584. The topological polar surface area (TPSA) is 38.5 Å². The Balaban J connectivity index is 1.74. The Hall–Kier alpha value is -2.45. The fourth-order valence-electron chi connectivity index (χ4n) is 2.84. The molecule has 0 atom stereocenters. The normalized spacial score (nSPS) is 15.1. The van der Waals surface area contributed by atoms with E-state index in [0.29, 0.717) is 23.0 Å². The molecule has 1 aromatic heterocycles. The Bertz CT molecular complexity index is 720. The van der Waals surface area contributed by atoms with Gasteiger partial charge in [-0.05, 0) is 44.0 Å². The second-order valence-electron chi connectivity index (χ2n) is 5.60. The van der Waals surface area contributed by atoms with Crippen molar-refractivity contribution in [3.8, 4) is 5.88 Å². The highest BCUT2D eigenvalue weighted by atomic mass is 19.1.